The zero-order valence-corrected chi connectivity index (χ0v) is 15.4. The van der Waals surface area contributed by atoms with Crippen LogP contribution in [0.4, 0.5) is 5.69 Å². The highest BCUT2D eigenvalue weighted by molar-refractivity contribution is 7.92. The molecule has 1 aliphatic carbocycles. The van der Waals surface area contributed by atoms with Gasteiger partial charge >= 0.3 is 0 Å². The van der Waals surface area contributed by atoms with E-state index in [0.717, 1.165) is 0 Å². The third-order valence-corrected chi connectivity index (χ3v) is 5.80. The van der Waals surface area contributed by atoms with E-state index in [0.29, 0.717) is 35.8 Å². The average molecular weight is 351 g/mol. The van der Waals surface area contributed by atoms with Crippen LogP contribution < -0.4 is 4.72 Å². The summed E-state index contributed by atoms with van der Waals surface area (Å²) in [7, 11) is -3.66. The summed E-state index contributed by atoms with van der Waals surface area (Å²) >= 11 is 0. The first-order valence-corrected chi connectivity index (χ1v) is 9.85. The molecule has 0 spiro atoms. The highest BCUT2D eigenvalue weighted by Crippen LogP contribution is 2.39. The Kier molecular flexibility index (Phi) is 4.42. The van der Waals surface area contributed by atoms with Gasteiger partial charge in [-0.25, -0.2) is 8.42 Å². The Bertz CT molecular complexity index is 817. The Labute approximate surface area is 143 Å². The van der Waals surface area contributed by atoms with Crippen LogP contribution in [0.1, 0.15) is 45.3 Å². The van der Waals surface area contributed by atoms with Crippen LogP contribution in [0.3, 0.4) is 0 Å². The summed E-state index contributed by atoms with van der Waals surface area (Å²) in [6.45, 7) is 8.65. The van der Waals surface area contributed by atoms with Crippen molar-refractivity contribution in [3.05, 3.63) is 24.3 Å². The number of rotatable bonds is 7. The average Bonchev–Trinajstić information content (AvgIpc) is 3.12. The van der Waals surface area contributed by atoms with E-state index in [2.05, 4.69) is 35.7 Å². The van der Waals surface area contributed by atoms with Gasteiger partial charge < -0.3 is 0 Å². The van der Waals surface area contributed by atoms with E-state index in [1.807, 2.05) is 4.68 Å². The predicted molar refractivity (Wildman–Crippen MR) is 92.3 cm³/mol. The number of nitrogens with one attached hydrogen (secondary N) is 1. The van der Waals surface area contributed by atoms with Gasteiger partial charge in [0.05, 0.1) is 23.6 Å². The van der Waals surface area contributed by atoms with Crippen molar-refractivity contribution in [2.24, 2.45) is 11.8 Å². The number of aromatic nitrogens is 4. The van der Waals surface area contributed by atoms with Crippen LogP contribution in [0, 0.1) is 18.8 Å². The van der Waals surface area contributed by atoms with E-state index in [-0.39, 0.29) is 4.90 Å². The smallest absolute Gasteiger partial charge is 0.265 e. The summed E-state index contributed by atoms with van der Waals surface area (Å²) in [6, 6.07) is 0.304. The number of nitrogens with zero attached hydrogens (tertiary/aromatic N) is 4. The Balaban J connectivity index is 1.77. The van der Waals surface area contributed by atoms with Gasteiger partial charge in [0.2, 0.25) is 0 Å². The predicted octanol–water partition coefficient (Wildman–Crippen LogP) is 2.82. The topological polar surface area (TPSA) is 81.8 Å². The summed E-state index contributed by atoms with van der Waals surface area (Å²) in [5.74, 6) is 1.06. The standard InChI is InChI=1S/C16H25N5O2S/c1-11(2)8-20-10-16(12(3)18-20)24(22,23)19-15-7-17-21(9-15)13(4)14-5-6-14/h7,9-11,13-14,19H,5-6,8H2,1-4H3. The Morgan fingerprint density at radius 3 is 2.62 bits per heavy atom. The molecule has 1 unspecified atom stereocenters. The monoisotopic (exact) mass is 351 g/mol. The molecule has 3 rings (SSSR count). The van der Waals surface area contributed by atoms with E-state index in [1.165, 1.54) is 12.8 Å². The van der Waals surface area contributed by atoms with Gasteiger partial charge in [0.15, 0.2) is 0 Å². The van der Waals surface area contributed by atoms with Gasteiger partial charge in [-0.05, 0) is 38.5 Å². The molecular weight excluding hydrogens is 326 g/mol. The van der Waals surface area contributed by atoms with E-state index in [1.54, 1.807) is 30.2 Å². The minimum absolute atomic E-state index is 0.214. The van der Waals surface area contributed by atoms with Crippen molar-refractivity contribution in [1.82, 2.24) is 19.6 Å². The summed E-state index contributed by atoms with van der Waals surface area (Å²) in [6.07, 6.45) is 7.35. The highest BCUT2D eigenvalue weighted by Gasteiger charge is 2.30. The maximum Gasteiger partial charge on any atom is 0.265 e. The molecule has 1 N–H and O–H groups in total. The molecule has 1 atom stereocenters. The zero-order valence-electron chi connectivity index (χ0n) is 14.6. The first-order valence-electron chi connectivity index (χ1n) is 8.37. The van der Waals surface area contributed by atoms with Gasteiger partial charge in [-0.15, -0.1) is 0 Å². The van der Waals surface area contributed by atoms with Gasteiger partial charge in [-0.2, -0.15) is 10.2 Å². The molecule has 0 amide bonds. The van der Waals surface area contributed by atoms with Crippen molar-refractivity contribution < 1.29 is 8.42 Å². The minimum Gasteiger partial charge on any atom is -0.276 e. The van der Waals surface area contributed by atoms with Crippen LogP contribution in [0.2, 0.25) is 0 Å². The number of hydrogen-bond acceptors (Lipinski definition) is 4. The van der Waals surface area contributed by atoms with Crippen LogP contribution in [-0.2, 0) is 16.6 Å². The van der Waals surface area contributed by atoms with Crippen LogP contribution in [0.5, 0.6) is 0 Å². The summed E-state index contributed by atoms with van der Waals surface area (Å²) in [5, 5.41) is 8.59. The van der Waals surface area contributed by atoms with Gasteiger partial charge in [0.25, 0.3) is 10.0 Å². The van der Waals surface area contributed by atoms with Crippen LogP contribution in [0.25, 0.3) is 0 Å². The second-order valence-electron chi connectivity index (χ2n) is 7.09. The second-order valence-corrected chi connectivity index (χ2v) is 8.74. The number of hydrogen-bond donors (Lipinski definition) is 1. The normalized spacial score (nSPS) is 16.5. The van der Waals surface area contributed by atoms with Gasteiger partial charge in [-0.1, -0.05) is 13.8 Å². The Morgan fingerprint density at radius 1 is 1.29 bits per heavy atom. The molecule has 1 fully saturated rings. The molecule has 1 saturated carbocycles. The number of sulfonamides is 1. The molecule has 7 nitrogen and oxygen atoms in total. The lowest BCUT2D eigenvalue weighted by molar-refractivity contribution is 0.440. The van der Waals surface area contributed by atoms with E-state index >= 15 is 0 Å². The first-order chi connectivity index (χ1) is 11.3. The molecule has 2 aromatic rings. The second kappa shape index (κ2) is 6.23. The fraction of sp³-hybridized carbons (Fsp3) is 0.625. The van der Waals surface area contributed by atoms with Crippen LogP contribution in [0.15, 0.2) is 23.5 Å². The number of anilines is 1. The summed E-state index contributed by atoms with van der Waals surface area (Å²) < 4.78 is 31.4. The summed E-state index contributed by atoms with van der Waals surface area (Å²) in [5.41, 5.74) is 0.986. The lowest BCUT2D eigenvalue weighted by Gasteiger charge is -2.09. The molecule has 132 valence electrons. The lowest BCUT2D eigenvalue weighted by atomic mass is 10.2. The molecule has 8 heteroatoms. The van der Waals surface area contributed by atoms with Crippen molar-refractivity contribution in [2.45, 2.75) is 58.0 Å². The minimum atomic E-state index is -3.66. The largest absolute Gasteiger partial charge is 0.276 e. The molecule has 0 bridgehead atoms. The van der Waals surface area contributed by atoms with Crippen molar-refractivity contribution >= 4 is 15.7 Å². The van der Waals surface area contributed by atoms with Crippen molar-refractivity contribution in [2.75, 3.05) is 4.72 Å². The van der Waals surface area contributed by atoms with Crippen LogP contribution in [-0.4, -0.2) is 28.0 Å². The molecular formula is C16H25N5O2S. The molecule has 2 heterocycles. The maximum absolute atomic E-state index is 12.6. The third kappa shape index (κ3) is 3.63. The zero-order chi connectivity index (χ0) is 17.5. The molecule has 0 aromatic carbocycles. The first kappa shape index (κ1) is 17.0. The molecule has 0 saturated heterocycles. The van der Waals surface area contributed by atoms with E-state index in [4.69, 9.17) is 0 Å². The van der Waals surface area contributed by atoms with Crippen molar-refractivity contribution in [3.8, 4) is 0 Å². The highest BCUT2D eigenvalue weighted by atomic mass is 32.2. The Hall–Kier alpha value is -1.83. The third-order valence-electron chi connectivity index (χ3n) is 4.32. The quantitative estimate of drug-likeness (QED) is 0.831. The molecule has 0 radical (unpaired) electrons. The van der Waals surface area contributed by atoms with Crippen molar-refractivity contribution in [1.29, 1.82) is 0 Å². The Morgan fingerprint density at radius 2 is 2.00 bits per heavy atom. The molecule has 2 aromatic heterocycles. The fourth-order valence-corrected chi connectivity index (χ4v) is 4.07. The van der Waals surface area contributed by atoms with E-state index < -0.39 is 10.0 Å². The molecule has 24 heavy (non-hydrogen) atoms. The summed E-state index contributed by atoms with van der Waals surface area (Å²) in [4.78, 5) is 0.214. The van der Waals surface area contributed by atoms with Gasteiger partial charge in [0.1, 0.15) is 4.90 Å². The van der Waals surface area contributed by atoms with E-state index in [9.17, 15) is 8.42 Å². The SMILES string of the molecule is Cc1nn(CC(C)C)cc1S(=O)(=O)Nc1cnn(C(C)C2CC2)c1. The van der Waals surface area contributed by atoms with Crippen LogP contribution >= 0.6 is 0 Å². The lowest BCUT2D eigenvalue weighted by Crippen LogP contribution is -2.13. The van der Waals surface area contributed by atoms with Crippen molar-refractivity contribution in [3.63, 3.8) is 0 Å². The maximum atomic E-state index is 12.6. The number of aryl methyl sites for hydroxylation is 1. The molecule has 0 aliphatic heterocycles. The molecule has 1 aliphatic rings. The van der Waals surface area contributed by atoms with Gasteiger partial charge in [-0.3, -0.25) is 14.1 Å². The fourth-order valence-electron chi connectivity index (χ4n) is 2.85. The van der Waals surface area contributed by atoms with Gasteiger partial charge in [0, 0.05) is 18.9 Å².